The highest BCUT2D eigenvalue weighted by molar-refractivity contribution is 6.31. The fourth-order valence-corrected chi connectivity index (χ4v) is 3.80. The molecule has 1 N–H and O–H groups in total. The lowest BCUT2D eigenvalue weighted by Gasteiger charge is -2.37. The Morgan fingerprint density at radius 2 is 1.63 bits per heavy atom. The highest BCUT2D eigenvalue weighted by atomic mass is 35.5. The molecule has 1 saturated heterocycles. The second-order valence-corrected chi connectivity index (χ2v) is 7.97. The van der Waals surface area contributed by atoms with Gasteiger partial charge >= 0.3 is 0 Å². The fraction of sp³-hybridized carbons (Fsp3) is 0.429. The van der Waals surface area contributed by atoms with Crippen molar-refractivity contribution >= 4 is 28.9 Å². The van der Waals surface area contributed by atoms with Crippen LogP contribution in [0.3, 0.4) is 0 Å². The van der Waals surface area contributed by atoms with E-state index in [1.54, 1.807) is 6.07 Å². The summed E-state index contributed by atoms with van der Waals surface area (Å²) in [4.78, 5) is 4.64. The van der Waals surface area contributed by atoms with Crippen LogP contribution in [0.25, 0.3) is 0 Å². The van der Waals surface area contributed by atoms with Crippen LogP contribution < -0.4 is 9.64 Å². The smallest absolute Gasteiger partial charge is 0.122 e. The third-order valence-corrected chi connectivity index (χ3v) is 5.39. The Balaban J connectivity index is 1.46. The quantitative estimate of drug-likeness (QED) is 0.777. The van der Waals surface area contributed by atoms with Crippen LogP contribution in [0.15, 0.2) is 36.4 Å². The third-order valence-electron chi connectivity index (χ3n) is 4.92. The molecule has 0 unspecified atom stereocenters. The summed E-state index contributed by atoms with van der Waals surface area (Å²) in [5.74, 6) is 0.764. The van der Waals surface area contributed by atoms with Gasteiger partial charge in [0.2, 0.25) is 0 Å². The second-order valence-electron chi connectivity index (χ2n) is 7.09. The lowest BCUT2D eigenvalue weighted by atomic mass is 10.1. The van der Waals surface area contributed by atoms with Gasteiger partial charge in [0.05, 0.1) is 0 Å². The minimum absolute atomic E-state index is 0.274. The van der Waals surface area contributed by atoms with E-state index in [0.717, 1.165) is 42.5 Å². The van der Waals surface area contributed by atoms with Crippen molar-refractivity contribution in [1.82, 2.24) is 4.90 Å². The van der Waals surface area contributed by atoms with E-state index in [0.29, 0.717) is 11.6 Å². The van der Waals surface area contributed by atoms with Gasteiger partial charge in [-0.1, -0.05) is 29.3 Å². The molecule has 146 valence electrons. The van der Waals surface area contributed by atoms with Crippen molar-refractivity contribution in [2.24, 2.45) is 0 Å². The number of nitrogens with zero attached hydrogens (tertiary/aromatic N) is 2. The first-order valence-electron chi connectivity index (χ1n) is 9.23. The summed E-state index contributed by atoms with van der Waals surface area (Å²) in [6.45, 7) is 8.59. The largest absolute Gasteiger partial charge is 0.491 e. The van der Waals surface area contributed by atoms with E-state index in [2.05, 4.69) is 22.8 Å². The SMILES string of the molecule is Cc1cc(Cl)ccc1OC[C@H](O)CN1CCN(c2cc(Cl)ccc2C)CC1. The van der Waals surface area contributed by atoms with Gasteiger partial charge in [-0.3, -0.25) is 4.90 Å². The number of hydrogen-bond donors (Lipinski definition) is 1. The van der Waals surface area contributed by atoms with Crippen molar-refractivity contribution in [2.75, 3.05) is 44.2 Å². The molecule has 1 atom stereocenters. The van der Waals surface area contributed by atoms with E-state index in [9.17, 15) is 5.11 Å². The van der Waals surface area contributed by atoms with E-state index in [1.165, 1.54) is 11.3 Å². The van der Waals surface area contributed by atoms with E-state index in [4.69, 9.17) is 27.9 Å². The summed E-state index contributed by atoms with van der Waals surface area (Å²) >= 11 is 12.1. The molecule has 0 spiro atoms. The first kappa shape index (κ1) is 20.3. The Kier molecular flexibility index (Phi) is 6.88. The number of piperazine rings is 1. The summed E-state index contributed by atoms with van der Waals surface area (Å²) in [6, 6.07) is 11.5. The molecule has 0 bridgehead atoms. The molecule has 6 heteroatoms. The number of benzene rings is 2. The van der Waals surface area contributed by atoms with E-state index in [-0.39, 0.29) is 6.61 Å². The Morgan fingerprint density at radius 3 is 2.33 bits per heavy atom. The summed E-state index contributed by atoms with van der Waals surface area (Å²) in [6.07, 6.45) is -0.528. The molecule has 2 aromatic rings. The number of aliphatic hydroxyl groups excluding tert-OH is 1. The zero-order valence-corrected chi connectivity index (χ0v) is 17.3. The molecular formula is C21H26Cl2N2O2. The lowest BCUT2D eigenvalue weighted by Crippen LogP contribution is -2.49. The van der Waals surface area contributed by atoms with E-state index in [1.807, 2.05) is 31.2 Å². The summed E-state index contributed by atoms with van der Waals surface area (Å²) in [7, 11) is 0. The highest BCUT2D eigenvalue weighted by Gasteiger charge is 2.21. The molecule has 0 aromatic heterocycles. The van der Waals surface area contributed by atoms with Gasteiger partial charge < -0.3 is 14.7 Å². The van der Waals surface area contributed by atoms with Crippen LogP contribution in [-0.2, 0) is 0 Å². The number of ether oxygens (including phenoxy) is 1. The molecule has 1 aliphatic rings. The minimum atomic E-state index is -0.528. The number of aliphatic hydroxyl groups is 1. The van der Waals surface area contributed by atoms with Crippen LogP contribution in [0.1, 0.15) is 11.1 Å². The Hall–Kier alpha value is -1.46. The monoisotopic (exact) mass is 408 g/mol. The van der Waals surface area contributed by atoms with Gasteiger partial charge in [-0.25, -0.2) is 0 Å². The predicted molar refractivity (Wildman–Crippen MR) is 113 cm³/mol. The molecular weight excluding hydrogens is 383 g/mol. The average molecular weight is 409 g/mol. The number of β-amino-alcohol motifs (C(OH)–C–C–N with tert-alkyl or cyclic N) is 1. The number of anilines is 1. The number of hydrogen-bond acceptors (Lipinski definition) is 4. The number of rotatable bonds is 6. The number of halogens is 2. The van der Waals surface area contributed by atoms with Crippen molar-refractivity contribution in [3.05, 3.63) is 57.6 Å². The van der Waals surface area contributed by atoms with Gasteiger partial charge in [0.1, 0.15) is 18.5 Å². The Labute approximate surface area is 171 Å². The first-order chi connectivity index (χ1) is 12.9. The minimum Gasteiger partial charge on any atom is -0.491 e. The zero-order valence-electron chi connectivity index (χ0n) is 15.8. The van der Waals surface area contributed by atoms with Crippen LogP contribution in [0.4, 0.5) is 5.69 Å². The molecule has 0 amide bonds. The lowest BCUT2D eigenvalue weighted by molar-refractivity contribution is 0.0661. The second kappa shape index (κ2) is 9.16. The van der Waals surface area contributed by atoms with Crippen molar-refractivity contribution in [1.29, 1.82) is 0 Å². The summed E-state index contributed by atoms with van der Waals surface area (Å²) < 4.78 is 5.75. The molecule has 0 aliphatic carbocycles. The van der Waals surface area contributed by atoms with Crippen molar-refractivity contribution in [3.8, 4) is 5.75 Å². The molecule has 0 saturated carbocycles. The van der Waals surface area contributed by atoms with Gasteiger partial charge in [-0.05, 0) is 55.3 Å². The normalized spacial score (nSPS) is 16.4. The van der Waals surface area contributed by atoms with Crippen LogP contribution in [0.5, 0.6) is 5.75 Å². The van der Waals surface area contributed by atoms with Gasteiger partial charge in [-0.2, -0.15) is 0 Å². The molecule has 4 nitrogen and oxygen atoms in total. The molecule has 2 aromatic carbocycles. The average Bonchev–Trinajstić information content (AvgIpc) is 2.64. The molecule has 3 rings (SSSR count). The maximum absolute atomic E-state index is 10.3. The van der Waals surface area contributed by atoms with Crippen molar-refractivity contribution < 1.29 is 9.84 Å². The maximum Gasteiger partial charge on any atom is 0.122 e. The maximum atomic E-state index is 10.3. The van der Waals surface area contributed by atoms with Crippen molar-refractivity contribution in [3.63, 3.8) is 0 Å². The van der Waals surface area contributed by atoms with Gasteiger partial charge in [0, 0.05) is 48.5 Å². The molecule has 1 fully saturated rings. The van der Waals surface area contributed by atoms with E-state index < -0.39 is 6.10 Å². The summed E-state index contributed by atoms with van der Waals surface area (Å²) in [5.41, 5.74) is 3.41. The Morgan fingerprint density at radius 1 is 0.963 bits per heavy atom. The zero-order chi connectivity index (χ0) is 19.4. The van der Waals surface area contributed by atoms with Gasteiger partial charge in [0.25, 0.3) is 0 Å². The third kappa shape index (κ3) is 5.52. The standard InChI is InChI=1S/C21H26Cl2N2O2/c1-15-3-4-18(23)12-20(15)25-9-7-24(8-10-25)13-19(26)14-27-21-6-5-17(22)11-16(21)2/h3-6,11-12,19,26H,7-10,13-14H2,1-2H3/t19-/m1/s1. The van der Waals surface area contributed by atoms with Gasteiger partial charge in [-0.15, -0.1) is 0 Å². The van der Waals surface area contributed by atoms with Crippen LogP contribution >= 0.6 is 23.2 Å². The molecule has 1 heterocycles. The molecule has 0 radical (unpaired) electrons. The van der Waals surface area contributed by atoms with Gasteiger partial charge in [0.15, 0.2) is 0 Å². The first-order valence-corrected chi connectivity index (χ1v) is 9.98. The fourth-order valence-electron chi connectivity index (χ4n) is 3.41. The predicted octanol–water partition coefficient (Wildman–Crippen LogP) is 4.17. The van der Waals surface area contributed by atoms with Crippen LogP contribution in [0.2, 0.25) is 10.0 Å². The van der Waals surface area contributed by atoms with Crippen LogP contribution in [0, 0.1) is 13.8 Å². The summed E-state index contributed by atoms with van der Waals surface area (Å²) in [5, 5.41) is 11.8. The van der Waals surface area contributed by atoms with Crippen molar-refractivity contribution in [2.45, 2.75) is 20.0 Å². The van der Waals surface area contributed by atoms with Crippen LogP contribution in [-0.4, -0.2) is 55.4 Å². The molecule has 1 aliphatic heterocycles. The Bertz CT molecular complexity index is 777. The number of aryl methyl sites for hydroxylation is 2. The highest BCUT2D eigenvalue weighted by Crippen LogP contribution is 2.25. The molecule has 27 heavy (non-hydrogen) atoms. The topological polar surface area (TPSA) is 35.9 Å². The van der Waals surface area contributed by atoms with E-state index >= 15 is 0 Å².